The van der Waals surface area contributed by atoms with Crippen LogP contribution in [0, 0.1) is 0 Å². The Morgan fingerprint density at radius 3 is 3.00 bits per heavy atom. The molecule has 14 heavy (non-hydrogen) atoms. The molecular formula is C11H14N2O. The van der Waals surface area contributed by atoms with Gasteiger partial charge >= 0.3 is 0 Å². The zero-order valence-electron chi connectivity index (χ0n) is 7.98. The molecule has 1 unspecified atom stereocenters. The van der Waals surface area contributed by atoms with Crippen molar-refractivity contribution in [3.8, 4) is 0 Å². The van der Waals surface area contributed by atoms with E-state index in [1.165, 1.54) is 11.1 Å². The molecule has 3 N–H and O–H groups in total. The van der Waals surface area contributed by atoms with Crippen molar-refractivity contribution in [1.82, 2.24) is 0 Å². The number of nitrogens with two attached hydrogens (primary N) is 1. The molecule has 2 rings (SSSR count). The Hall–Kier alpha value is -1.51. The number of amidine groups is 1. The van der Waals surface area contributed by atoms with Gasteiger partial charge in [0.15, 0.2) is 0 Å². The van der Waals surface area contributed by atoms with E-state index in [1.54, 1.807) is 0 Å². The molecule has 0 spiro atoms. The van der Waals surface area contributed by atoms with E-state index >= 15 is 0 Å². The molecule has 0 saturated heterocycles. The number of oxime groups is 1. The Labute approximate surface area is 83.2 Å². The lowest BCUT2D eigenvalue weighted by Crippen LogP contribution is -2.25. The molecule has 1 atom stereocenters. The highest BCUT2D eigenvalue weighted by molar-refractivity contribution is 5.87. The van der Waals surface area contributed by atoms with Gasteiger partial charge in [0, 0.05) is 5.92 Å². The third-order valence-electron chi connectivity index (χ3n) is 2.84. The summed E-state index contributed by atoms with van der Waals surface area (Å²) in [5, 5.41) is 11.8. The summed E-state index contributed by atoms with van der Waals surface area (Å²) in [6.07, 6.45) is 3.19. The molecule has 74 valence electrons. The van der Waals surface area contributed by atoms with Gasteiger partial charge in [-0.15, -0.1) is 0 Å². The van der Waals surface area contributed by atoms with E-state index in [-0.39, 0.29) is 5.92 Å². The highest BCUT2D eigenvalue weighted by atomic mass is 16.4. The molecule has 0 radical (unpaired) electrons. The molecule has 0 fully saturated rings. The van der Waals surface area contributed by atoms with Crippen molar-refractivity contribution in [3.63, 3.8) is 0 Å². The molecule has 3 heteroatoms. The summed E-state index contributed by atoms with van der Waals surface area (Å²) in [7, 11) is 0. The van der Waals surface area contributed by atoms with E-state index < -0.39 is 0 Å². The largest absolute Gasteiger partial charge is 0.409 e. The minimum Gasteiger partial charge on any atom is -0.409 e. The van der Waals surface area contributed by atoms with Crippen LogP contribution in [0.3, 0.4) is 0 Å². The standard InChI is InChI=1S/C11H14N2O/c12-11(13-14)10-7-3-5-8-4-1-2-6-9(8)10/h1-2,4,6,10,14H,3,5,7H2,(H2,12,13). The lowest BCUT2D eigenvalue weighted by molar-refractivity contribution is 0.315. The maximum absolute atomic E-state index is 8.68. The van der Waals surface area contributed by atoms with E-state index in [9.17, 15) is 0 Å². The number of nitrogens with zero attached hydrogens (tertiary/aromatic N) is 1. The quantitative estimate of drug-likeness (QED) is 0.307. The zero-order chi connectivity index (χ0) is 9.97. The average Bonchev–Trinajstić information content (AvgIpc) is 2.27. The normalized spacial score (nSPS) is 21.7. The van der Waals surface area contributed by atoms with Crippen molar-refractivity contribution in [1.29, 1.82) is 0 Å². The summed E-state index contributed by atoms with van der Waals surface area (Å²) in [5.74, 6) is 0.433. The number of fused-ring (bicyclic) bond motifs is 1. The third-order valence-corrected chi connectivity index (χ3v) is 2.84. The summed E-state index contributed by atoms with van der Waals surface area (Å²) in [4.78, 5) is 0. The first-order valence-corrected chi connectivity index (χ1v) is 4.88. The lowest BCUT2D eigenvalue weighted by Gasteiger charge is -2.24. The zero-order valence-corrected chi connectivity index (χ0v) is 7.98. The van der Waals surface area contributed by atoms with Crippen LogP contribution in [0.5, 0.6) is 0 Å². The van der Waals surface area contributed by atoms with Gasteiger partial charge in [0.25, 0.3) is 0 Å². The van der Waals surface area contributed by atoms with E-state index in [0.29, 0.717) is 5.84 Å². The lowest BCUT2D eigenvalue weighted by atomic mass is 9.82. The van der Waals surface area contributed by atoms with Crippen LogP contribution in [0.15, 0.2) is 29.4 Å². The molecule has 0 aromatic heterocycles. The predicted molar refractivity (Wildman–Crippen MR) is 55.5 cm³/mol. The Morgan fingerprint density at radius 2 is 2.21 bits per heavy atom. The molecule has 1 aliphatic rings. The van der Waals surface area contributed by atoms with Gasteiger partial charge in [0.05, 0.1) is 0 Å². The molecule has 0 amide bonds. The van der Waals surface area contributed by atoms with Crippen LogP contribution in [0.2, 0.25) is 0 Å². The number of benzene rings is 1. The van der Waals surface area contributed by atoms with Gasteiger partial charge in [-0.2, -0.15) is 0 Å². The minimum absolute atomic E-state index is 0.102. The fourth-order valence-electron chi connectivity index (χ4n) is 2.13. The van der Waals surface area contributed by atoms with E-state index in [1.807, 2.05) is 12.1 Å². The van der Waals surface area contributed by atoms with Gasteiger partial charge in [-0.05, 0) is 30.4 Å². The fraction of sp³-hybridized carbons (Fsp3) is 0.364. The second kappa shape index (κ2) is 3.70. The van der Waals surface area contributed by atoms with E-state index in [4.69, 9.17) is 10.9 Å². The van der Waals surface area contributed by atoms with E-state index in [0.717, 1.165) is 19.3 Å². The maximum atomic E-state index is 8.68. The van der Waals surface area contributed by atoms with Gasteiger partial charge in [-0.1, -0.05) is 29.4 Å². The predicted octanol–water partition coefficient (Wildman–Crippen LogP) is 1.85. The Bertz CT molecular complexity index is 360. The summed E-state index contributed by atoms with van der Waals surface area (Å²) in [6, 6.07) is 8.22. The SMILES string of the molecule is N/C(=N/O)C1CCCc2ccccc21. The van der Waals surface area contributed by atoms with Crippen molar-refractivity contribution in [2.24, 2.45) is 10.9 Å². The van der Waals surface area contributed by atoms with Gasteiger partial charge in [-0.25, -0.2) is 0 Å². The van der Waals surface area contributed by atoms with Crippen LogP contribution in [-0.4, -0.2) is 11.0 Å². The van der Waals surface area contributed by atoms with Crippen LogP contribution >= 0.6 is 0 Å². The summed E-state index contributed by atoms with van der Waals surface area (Å²) >= 11 is 0. The fourth-order valence-corrected chi connectivity index (χ4v) is 2.13. The highest BCUT2D eigenvalue weighted by Crippen LogP contribution is 2.31. The first-order chi connectivity index (χ1) is 6.83. The molecular weight excluding hydrogens is 176 g/mol. The van der Waals surface area contributed by atoms with Gasteiger partial charge < -0.3 is 10.9 Å². The van der Waals surface area contributed by atoms with Crippen molar-refractivity contribution in [2.75, 3.05) is 0 Å². The molecule has 1 aliphatic carbocycles. The summed E-state index contributed by atoms with van der Waals surface area (Å²) in [5.41, 5.74) is 8.21. The van der Waals surface area contributed by atoms with Crippen LogP contribution in [0.1, 0.15) is 29.9 Å². The molecule has 0 aliphatic heterocycles. The average molecular weight is 190 g/mol. The van der Waals surface area contributed by atoms with Crippen molar-refractivity contribution in [2.45, 2.75) is 25.2 Å². The first kappa shape index (κ1) is 9.06. The second-order valence-corrected chi connectivity index (χ2v) is 3.67. The molecule has 1 aromatic rings. The summed E-state index contributed by atoms with van der Waals surface area (Å²) < 4.78 is 0. The minimum atomic E-state index is 0.102. The van der Waals surface area contributed by atoms with Crippen molar-refractivity contribution in [3.05, 3.63) is 35.4 Å². The number of rotatable bonds is 1. The number of aryl methyl sites for hydroxylation is 1. The number of hydrogen-bond acceptors (Lipinski definition) is 2. The summed E-state index contributed by atoms with van der Waals surface area (Å²) in [6.45, 7) is 0. The molecule has 0 heterocycles. The molecule has 3 nitrogen and oxygen atoms in total. The van der Waals surface area contributed by atoms with Gasteiger partial charge in [0.2, 0.25) is 0 Å². The van der Waals surface area contributed by atoms with Crippen LogP contribution in [-0.2, 0) is 6.42 Å². The van der Waals surface area contributed by atoms with E-state index in [2.05, 4.69) is 17.3 Å². The Morgan fingerprint density at radius 1 is 1.43 bits per heavy atom. The maximum Gasteiger partial charge on any atom is 0.146 e. The third kappa shape index (κ3) is 1.45. The van der Waals surface area contributed by atoms with Crippen molar-refractivity contribution < 1.29 is 5.21 Å². The number of hydrogen-bond donors (Lipinski definition) is 2. The molecule has 1 aromatic carbocycles. The molecule has 0 bridgehead atoms. The highest BCUT2D eigenvalue weighted by Gasteiger charge is 2.22. The Kier molecular flexibility index (Phi) is 2.39. The van der Waals surface area contributed by atoms with Crippen LogP contribution < -0.4 is 5.73 Å². The van der Waals surface area contributed by atoms with Crippen LogP contribution in [0.25, 0.3) is 0 Å². The van der Waals surface area contributed by atoms with Crippen molar-refractivity contribution >= 4 is 5.84 Å². The smallest absolute Gasteiger partial charge is 0.146 e. The van der Waals surface area contributed by atoms with Crippen LogP contribution in [0.4, 0.5) is 0 Å². The van der Waals surface area contributed by atoms with Gasteiger partial charge in [-0.3, -0.25) is 0 Å². The van der Waals surface area contributed by atoms with Gasteiger partial charge in [0.1, 0.15) is 5.84 Å². The molecule has 0 saturated carbocycles. The topological polar surface area (TPSA) is 58.6 Å². The first-order valence-electron chi connectivity index (χ1n) is 4.88. The monoisotopic (exact) mass is 190 g/mol. The second-order valence-electron chi connectivity index (χ2n) is 3.67. The Balaban J connectivity index is 2.40.